The van der Waals surface area contributed by atoms with Crippen LogP contribution in [0.2, 0.25) is 0 Å². The smallest absolute Gasteiger partial charge is 0.159 e. The van der Waals surface area contributed by atoms with Crippen LogP contribution in [0.4, 0.5) is 11.6 Å². The van der Waals surface area contributed by atoms with Crippen molar-refractivity contribution in [3.8, 4) is 0 Å². The van der Waals surface area contributed by atoms with E-state index in [-0.39, 0.29) is 0 Å². The molecule has 1 heterocycles. The lowest BCUT2D eigenvalue weighted by molar-refractivity contribution is 0.502. The first-order valence-electron chi connectivity index (χ1n) is 5.19. The Morgan fingerprint density at radius 1 is 1.38 bits per heavy atom. The van der Waals surface area contributed by atoms with Gasteiger partial charge in [-0.2, -0.15) is 0 Å². The molecule has 3 N–H and O–H groups in total. The number of nitrogens with zero attached hydrogens (tertiary/aromatic N) is 3. The first-order chi connectivity index (χ1) is 7.49. The first-order valence-corrected chi connectivity index (χ1v) is 5.98. The number of hydrazine groups is 1. The van der Waals surface area contributed by atoms with E-state index in [4.69, 9.17) is 5.84 Å². The molecule has 90 valence electrons. The number of rotatable bonds is 4. The van der Waals surface area contributed by atoms with Crippen molar-refractivity contribution in [3.05, 3.63) is 10.8 Å². The molecule has 0 aliphatic carbocycles. The molecule has 1 rings (SSSR count). The van der Waals surface area contributed by atoms with Gasteiger partial charge in [0.25, 0.3) is 0 Å². The highest BCUT2D eigenvalue weighted by molar-refractivity contribution is 9.10. The minimum atomic E-state index is 0.386. The van der Waals surface area contributed by atoms with Crippen LogP contribution in [0, 0.1) is 5.92 Å². The first kappa shape index (κ1) is 13.2. The molecule has 0 aromatic carbocycles. The second kappa shape index (κ2) is 5.45. The zero-order valence-electron chi connectivity index (χ0n) is 10.0. The van der Waals surface area contributed by atoms with E-state index in [1.54, 1.807) is 0 Å². The summed E-state index contributed by atoms with van der Waals surface area (Å²) in [7, 11) is 2.01. The summed E-state index contributed by atoms with van der Waals surface area (Å²) in [6.45, 7) is 6.52. The number of anilines is 2. The van der Waals surface area contributed by atoms with Crippen molar-refractivity contribution in [2.45, 2.75) is 26.8 Å². The van der Waals surface area contributed by atoms with Gasteiger partial charge in [0.15, 0.2) is 5.82 Å². The predicted octanol–water partition coefficient (Wildman–Crippen LogP) is 2.01. The zero-order valence-corrected chi connectivity index (χ0v) is 11.6. The van der Waals surface area contributed by atoms with Crippen molar-refractivity contribution in [2.24, 2.45) is 11.8 Å². The molecule has 0 saturated carbocycles. The summed E-state index contributed by atoms with van der Waals surface area (Å²) < 4.78 is 0.785. The summed E-state index contributed by atoms with van der Waals surface area (Å²) >= 11 is 3.45. The Morgan fingerprint density at radius 3 is 2.50 bits per heavy atom. The van der Waals surface area contributed by atoms with Crippen LogP contribution >= 0.6 is 15.9 Å². The van der Waals surface area contributed by atoms with Crippen molar-refractivity contribution in [1.29, 1.82) is 0 Å². The van der Waals surface area contributed by atoms with Crippen molar-refractivity contribution in [2.75, 3.05) is 17.4 Å². The van der Waals surface area contributed by atoms with Crippen LogP contribution in [-0.2, 0) is 0 Å². The van der Waals surface area contributed by atoms with Crippen molar-refractivity contribution in [1.82, 2.24) is 9.97 Å². The molecule has 0 saturated heterocycles. The van der Waals surface area contributed by atoms with E-state index in [0.717, 1.165) is 10.3 Å². The fourth-order valence-corrected chi connectivity index (χ4v) is 1.95. The number of hydrogen-bond acceptors (Lipinski definition) is 5. The Bertz CT molecular complexity index is 355. The molecular weight excluding hydrogens is 270 g/mol. The van der Waals surface area contributed by atoms with Crippen molar-refractivity contribution >= 4 is 27.6 Å². The van der Waals surface area contributed by atoms with E-state index in [0.29, 0.717) is 17.8 Å². The quantitative estimate of drug-likeness (QED) is 0.655. The van der Waals surface area contributed by atoms with E-state index >= 15 is 0 Å². The van der Waals surface area contributed by atoms with E-state index in [1.807, 2.05) is 7.05 Å². The Morgan fingerprint density at radius 2 is 2.00 bits per heavy atom. The molecule has 1 aromatic heterocycles. The fourth-order valence-electron chi connectivity index (χ4n) is 1.35. The lowest BCUT2D eigenvalue weighted by atomic mass is 10.1. The molecule has 1 aromatic rings. The third kappa shape index (κ3) is 2.62. The lowest BCUT2D eigenvalue weighted by Gasteiger charge is -2.29. The number of aromatic nitrogens is 2. The number of nitrogen functional groups attached to an aromatic ring is 1. The average molecular weight is 288 g/mol. The highest BCUT2D eigenvalue weighted by Crippen LogP contribution is 2.30. The van der Waals surface area contributed by atoms with E-state index in [9.17, 15) is 0 Å². The molecular formula is C10H18BrN5. The minimum Gasteiger partial charge on any atom is -0.356 e. The Kier molecular flexibility index (Phi) is 4.49. The van der Waals surface area contributed by atoms with Crippen molar-refractivity contribution < 1.29 is 0 Å². The second-order valence-electron chi connectivity index (χ2n) is 4.10. The van der Waals surface area contributed by atoms with Gasteiger partial charge in [0.2, 0.25) is 0 Å². The van der Waals surface area contributed by atoms with Gasteiger partial charge in [-0.3, -0.25) is 0 Å². The Labute approximate surface area is 105 Å². The Hall–Kier alpha value is -0.880. The normalized spacial score (nSPS) is 12.7. The molecule has 0 aliphatic rings. The molecule has 0 fully saturated rings. The van der Waals surface area contributed by atoms with Crippen LogP contribution in [0.25, 0.3) is 0 Å². The third-order valence-electron chi connectivity index (χ3n) is 2.82. The molecule has 0 aliphatic heterocycles. The highest BCUT2D eigenvalue weighted by Gasteiger charge is 2.18. The summed E-state index contributed by atoms with van der Waals surface area (Å²) in [5.41, 5.74) is 2.53. The lowest BCUT2D eigenvalue weighted by Crippen LogP contribution is -2.34. The summed E-state index contributed by atoms with van der Waals surface area (Å²) in [4.78, 5) is 10.4. The maximum absolute atomic E-state index is 5.37. The van der Waals surface area contributed by atoms with E-state index in [2.05, 4.69) is 57.0 Å². The van der Waals surface area contributed by atoms with Crippen LogP contribution < -0.4 is 16.2 Å². The summed E-state index contributed by atoms with van der Waals surface area (Å²) in [6.07, 6.45) is 1.50. The maximum Gasteiger partial charge on any atom is 0.159 e. The summed E-state index contributed by atoms with van der Waals surface area (Å²) in [5.74, 6) is 7.34. The minimum absolute atomic E-state index is 0.386. The standard InChI is InChI=1S/C10H18BrN5/c1-6(2)7(3)16(4)10-8(11)9(15-12)13-5-14-10/h5-7H,12H2,1-4H3,(H,13,14,15). The van der Waals surface area contributed by atoms with E-state index in [1.165, 1.54) is 6.33 Å². The van der Waals surface area contributed by atoms with Gasteiger partial charge in [0, 0.05) is 13.1 Å². The number of nitrogens with one attached hydrogen (secondary N) is 1. The highest BCUT2D eigenvalue weighted by atomic mass is 79.9. The fraction of sp³-hybridized carbons (Fsp3) is 0.600. The maximum atomic E-state index is 5.37. The molecule has 0 bridgehead atoms. The van der Waals surface area contributed by atoms with Gasteiger partial charge in [-0.1, -0.05) is 13.8 Å². The van der Waals surface area contributed by atoms with Crippen LogP contribution in [0.3, 0.4) is 0 Å². The van der Waals surface area contributed by atoms with Crippen LogP contribution in [-0.4, -0.2) is 23.1 Å². The molecule has 5 nitrogen and oxygen atoms in total. The van der Waals surface area contributed by atoms with Gasteiger partial charge in [0.05, 0.1) is 0 Å². The molecule has 1 atom stereocenters. The topological polar surface area (TPSA) is 67.1 Å². The monoisotopic (exact) mass is 287 g/mol. The van der Waals surface area contributed by atoms with Crippen LogP contribution in [0.15, 0.2) is 10.8 Å². The van der Waals surface area contributed by atoms with Crippen molar-refractivity contribution in [3.63, 3.8) is 0 Å². The molecule has 0 amide bonds. The predicted molar refractivity (Wildman–Crippen MR) is 70.2 cm³/mol. The summed E-state index contributed by atoms with van der Waals surface area (Å²) in [5, 5.41) is 0. The SMILES string of the molecule is CC(C)C(C)N(C)c1ncnc(NN)c1Br. The van der Waals surface area contributed by atoms with Crippen LogP contribution in [0.1, 0.15) is 20.8 Å². The molecule has 6 heteroatoms. The van der Waals surface area contributed by atoms with E-state index < -0.39 is 0 Å². The zero-order chi connectivity index (χ0) is 12.3. The molecule has 1 unspecified atom stereocenters. The van der Waals surface area contributed by atoms with Crippen LogP contribution in [0.5, 0.6) is 0 Å². The van der Waals surface area contributed by atoms with Gasteiger partial charge < -0.3 is 10.3 Å². The average Bonchev–Trinajstić information content (AvgIpc) is 2.27. The third-order valence-corrected chi connectivity index (χ3v) is 3.55. The van der Waals surface area contributed by atoms with Gasteiger partial charge >= 0.3 is 0 Å². The molecule has 0 radical (unpaired) electrons. The van der Waals surface area contributed by atoms with Gasteiger partial charge in [0.1, 0.15) is 16.6 Å². The Balaban J connectivity index is 3.04. The van der Waals surface area contributed by atoms with Gasteiger partial charge in [-0.15, -0.1) is 0 Å². The van der Waals surface area contributed by atoms with Gasteiger partial charge in [-0.05, 0) is 28.8 Å². The summed E-state index contributed by atoms with van der Waals surface area (Å²) in [6, 6.07) is 0.386. The molecule has 0 spiro atoms. The largest absolute Gasteiger partial charge is 0.356 e. The number of hydrogen-bond donors (Lipinski definition) is 2. The van der Waals surface area contributed by atoms with Gasteiger partial charge in [-0.25, -0.2) is 15.8 Å². The number of halogens is 1. The number of nitrogens with two attached hydrogens (primary N) is 1. The molecule has 16 heavy (non-hydrogen) atoms. The second-order valence-corrected chi connectivity index (χ2v) is 4.89.